The standard InChI is InChI=1S/C11H8N2/c12-6-5-9-7-10-3-1-2-4-11(10)13-8-9/h1-4,7-8H,5H2. The molecular formula is C11H8N2. The van der Waals surface area contributed by atoms with Crippen LogP contribution in [0.15, 0.2) is 36.5 Å². The molecule has 0 bridgehead atoms. The maximum Gasteiger partial charge on any atom is 0.0702 e. The van der Waals surface area contributed by atoms with Gasteiger partial charge in [0.15, 0.2) is 0 Å². The zero-order valence-corrected chi connectivity index (χ0v) is 7.07. The third-order valence-electron chi connectivity index (χ3n) is 1.93. The van der Waals surface area contributed by atoms with Gasteiger partial charge in [0.1, 0.15) is 0 Å². The number of benzene rings is 1. The summed E-state index contributed by atoms with van der Waals surface area (Å²) in [6, 6.07) is 12.0. The fraction of sp³-hybridized carbons (Fsp3) is 0.0909. The summed E-state index contributed by atoms with van der Waals surface area (Å²) in [6.45, 7) is 0. The van der Waals surface area contributed by atoms with Crippen molar-refractivity contribution < 1.29 is 0 Å². The molecular weight excluding hydrogens is 160 g/mol. The Bertz CT molecular complexity index is 469. The van der Waals surface area contributed by atoms with Gasteiger partial charge in [-0.15, -0.1) is 0 Å². The van der Waals surface area contributed by atoms with Crippen LogP contribution in [0, 0.1) is 11.3 Å². The van der Waals surface area contributed by atoms with Gasteiger partial charge in [-0.3, -0.25) is 4.98 Å². The molecule has 0 saturated carbocycles. The number of rotatable bonds is 1. The number of para-hydroxylation sites is 1. The minimum Gasteiger partial charge on any atom is -0.256 e. The molecule has 0 aliphatic heterocycles. The van der Waals surface area contributed by atoms with E-state index in [2.05, 4.69) is 11.1 Å². The lowest BCUT2D eigenvalue weighted by Gasteiger charge is -1.97. The highest BCUT2D eigenvalue weighted by Gasteiger charge is 1.95. The summed E-state index contributed by atoms with van der Waals surface area (Å²) in [6.07, 6.45) is 2.18. The van der Waals surface area contributed by atoms with Gasteiger partial charge in [-0.05, 0) is 17.7 Å². The molecule has 2 heteroatoms. The van der Waals surface area contributed by atoms with E-state index in [-0.39, 0.29) is 0 Å². The van der Waals surface area contributed by atoms with E-state index in [1.807, 2.05) is 30.3 Å². The van der Waals surface area contributed by atoms with Gasteiger partial charge in [0, 0.05) is 11.6 Å². The zero-order valence-electron chi connectivity index (χ0n) is 7.07. The highest BCUT2D eigenvalue weighted by molar-refractivity contribution is 5.78. The lowest BCUT2D eigenvalue weighted by molar-refractivity contribution is 1.22. The number of fused-ring (bicyclic) bond motifs is 1. The molecule has 0 aliphatic rings. The first-order valence-corrected chi connectivity index (χ1v) is 4.11. The van der Waals surface area contributed by atoms with E-state index in [1.54, 1.807) is 6.20 Å². The molecule has 2 aromatic rings. The molecule has 13 heavy (non-hydrogen) atoms. The molecule has 1 aromatic heterocycles. The first-order chi connectivity index (χ1) is 6.40. The predicted molar refractivity (Wildman–Crippen MR) is 51.1 cm³/mol. The molecule has 0 spiro atoms. The summed E-state index contributed by atoms with van der Waals surface area (Å²) >= 11 is 0. The van der Waals surface area contributed by atoms with Gasteiger partial charge >= 0.3 is 0 Å². The van der Waals surface area contributed by atoms with Crippen molar-refractivity contribution in [2.75, 3.05) is 0 Å². The van der Waals surface area contributed by atoms with Crippen LogP contribution in [-0.2, 0) is 6.42 Å². The van der Waals surface area contributed by atoms with Crippen molar-refractivity contribution in [2.45, 2.75) is 6.42 Å². The smallest absolute Gasteiger partial charge is 0.0702 e. The molecule has 1 aromatic carbocycles. The Hall–Kier alpha value is -1.88. The molecule has 62 valence electrons. The van der Waals surface area contributed by atoms with E-state index in [0.29, 0.717) is 6.42 Å². The molecule has 0 radical (unpaired) electrons. The van der Waals surface area contributed by atoms with E-state index in [0.717, 1.165) is 16.5 Å². The molecule has 0 saturated heterocycles. The lowest BCUT2D eigenvalue weighted by Crippen LogP contribution is -1.84. The van der Waals surface area contributed by atoms with Crippen molar-refractivity contribution in [1.29, 1.82) is 5.26 Å². The Kier molecular flexibility index (Phi) is 1.93. The van der Waals surface area contributed by atoms with E-state index in [4.69, 9.17) is 5.26 Å². The van der Waals surface area contributed by atoms with Gasteiger partial charge in [-0.25, -0.2) is 0 Å². The first kappa shape index (κ1) is 7.75. The van der Waals surface area contributed by atoms with Crippen LogP contribution in [0.1, 0.15) is 5.56 Å². The van der Waals surface area contributed by atoms with Crippen LogP contribution in [0.5, 0.6) is 0 Å². The highest BCUT2D eigenvalue weighted by Crippen LogP contribution is 2.12. The SMILES string of the molecule is N#CCc1cnc2ccccc2c1. The molecule has 1 heterocycles. The summed E-state index contributed by atoms with van der Waals surface area (Å²) < 4.78 is 0. The summed E-state index contributed by atoms with van der Waals surface area (Å²) in [5, 5.41) is 9.61. The largest absolute Gasteiger partial charge is 0.256 e. The summed E-state index contributed by atoms with van der Waals surface area (Å²) in [5.41, 5.74) is 1.95. The zero-order chi connectivity index (χ0) is 9.10. The molecule has 2 nitrogen and oxygen atoms in total. The monoisotopic (exact) mass is 168 g/mol. The Morgan fingerprint density at radius 2 is 2.15 bits per heavy atom. The average molecular weight is 168 g/mol. The fourth-order valence-corrected chi connectivity index (χ4v) is 1.30. The van der Waals surface area contributed by atoms with Crippen molar-refractivity contribution in [1.82, 2.24) is 4.98 Å². The second kappa shape index (κ2) is 3.24. The third kappa shape index (κ3) is 1.50. The normalized spacial score (nSPS) is 9.77. The first-order valence-electron chi connectivity index (χ1n) is 4.11. The van der Waals surface area contributed by atoms with Gasteiger partial charge in [0.2, 0.25) is 0 Å². The summed E-state index contributed by atoms with van der Waals surface area (Å²) in [5.74, 6) is 0. The molecule has 0 unspecified atom stereocenters. The molecule has 0 atom stereocenters. The maximum atomic E-state index is 8.51. The maximum absolute atomic E-state index is 8.51. The molecule has 2 rings (SSSR count). The van der Waals surface area contributed by atoms with Crippen LogP contribution in [-0.4, -0.2) is 4.98 Å². The number of pyridine rings is 1. The second-order valence-corrected chi connectivity index (χ2v) is 2.87. The number of hydrogen-bond acceptors (Lipinski definition) is 2. The molecule has 0 aliphatic carbocycles. The number of nitrogens with zero attached hydrogens (tertiary/aromatic N) is 2. The van der Waals surface area contributed by atoms with Crippen LogP contribution >= 0.6 is 0 Å². The van der Waals surface area contributed by atoms with Crippen molar-refractivity contribution >= 4 is 10.9 Å². The van der Waals surface area contributed by atoms with Crippen LogP contribution in [0.3, 0.4) is 0 Å². The van der Waals surface area contributed by atoms with E-state index in [9.17, 15) is 0 Å². The topological polar surface area (TPSA) is 36.7 Å². The molecule has 0 fully saturated rings. The van der Waals surface area contributed by atoms with Crippen molar-refractivity contribution in [3.05, 3.63) is 42.1 Å². The lowest BCUT2D eigenvalue weighted by atomic mass is 10.1. The van der Waals surface area contributed by atoms with Gasteiger partial charge < -0.3 is 0 Å². The summed E-state index contributed by atoms with van der Waals surface area (Å²) in [4.78, 5) is 4.25. The molecule has 0 N–H and O–H groups in total. The Morgan fingerprint density at radius 3 is 3.00 bits per heavy atom. The van der Waals surface area contributed by atoms with Crippen molar-refractivity contribution in [2.24, 2.45) is 0 Å². The van der Waals surface area contributed by atoms with Gasteiger partial charge in [-0.1, -0.05) is 18.2 Å². The van der Waals surface area contributed by atoms with E-state index >= 15 is 0 Å². The van der Waals surface area contributed by atoms with Crippen LogP contribution in [0.4, 0.5) is 0 Å². The highest BCUT2D eigenvalue weighted by atomic mass is 14.6. The Balaban J connectivity index is 2.57. The van der Waals surface area contributed by atoms with Gasteiger partial charge in [0.25, 0.3) is 0 Å². The average Bonchev–Trinajstić information content (AvgIpc) is 2.18. The Labute approximate surface area is 76.5 Å². The van der Waals surface area contributed by atoms with E-state index < -0.39 is 0 Å². The fourth-order valence-electron chi connectivity index (χ4n) is 1.30. The third-order valence-corrected chi connectivity index (χ3v) is 1.93. The van der Waals surface area contributed by atoms with Crippen LogP contribution in [0.25, 0.3) is 10.9 Å². The summed E-state index contributed by atoms with van der Waals surface area (Å²) in [7, 11) is 0. The van der Waals surface area contributed by atoms with E-state index in [1.165, 1.54) is 0 Å². The minimum atomic E-state index is 0.428. The van der Waals surface area contributed by atoms with Gasteiger partial charge in [-0.2, -0.15) is 5.26 Å². The number of aromatic nitrogens is 1. The minimum absolute atomic E-state index is 0.428. The van der Waals surface area contributed by atoms with Crippen molar-refractivity contribution in [3.8, 4) is 6.07 Å². The second-order valence-electron chi connectivity index (χ2n) is 2.87. The molecule has 0 amide bonds. The van der Waals surface area contributed by atoms with Crippen LogP contribution < -0.4 is 0 Å². The quantitative estimate of drug-likeness (QED) is 0.655. The van der Waals surface area contributed by atoms with Crippen LogP contribution in [0.2, 0.25) is 0 Å². The van der Waals surface area contributed by atoms with Crippen molar-refractivity contribution in [3.63, 3.8) is 0 Å². The number of nitriles is 1. The van der Waals surface area contributed by atoms with Gasteiger partial charge in [0.05, 0.1) is 18.0 Å². The number of hydrogen-bond donors (Lipinski definition) is 0. The Morgan fingerprint density at radius 1 is 1.31 bits per heavy atom. The predicted octanol–water partition coefficient (Wildman–Crippen LogP) is 2.30.